The van der Waals surface area contributed by atoms with Crippen LogP contribution in [-0.2, 0) is 23.2 Å². The van der Waals surface area contributed by atoms with E-state index < -0.39 is 24.3 Å². The van der Waals surface area contributed by atoms with E-state index in [0.29, 0.717) is 31.3 Å². The van der Waals surface area contributed by atoms with Crippen LogP contribution < -0.4 is 10.2 Å². The summed E-state index contributed by atoms with van der Waals surface area (Å²) in [6.07, 6.45) is -1.03. The van der Waals surface area contributed by atoms with Crippen molar-refractivity contribution in [2.45, 2.75) is 18.9 Å². The van der Waals surface area contributed by atoms with Crippen molar-refractivity contribution in [1.29, 1.82) is 0 Å². The van der Waals surface area contributed by atoms with E-state index in [1.54, 1.807) is 24.8 Å². The number of hydrogen-bond donors (Lipinski definition) is 3. The molecule has 0 spiro atoms. The van der Waals surface area contributed by atoms with E-state index in [1.165, 1.54) is 5.56 Å². The van der Waals surface area contributed by atoms with E-state index in [2.05, 4.69) is 37.3 Å². The zero-order chi connectivity index (χ0) is 35.5. The van der Waals surface area contributed by atoms with Gasteiger partial charge < -0.3 is 29.9 Å². The summed E-state index contributed by atoms with van der Waals surface area (Å²) < 4.78 is 65.4. The van der Waals surface area contributed by atoms with E-state index in [0.717, 1.165) is 29.9 Å². The number of carboxylic acids is 2. The summed E-state index contributed by atoms with van der Waals surface area (Å²) in [6, 6.07) is 16.1. The van der Waals surface area contributed by atoms with E-state index in [-0.39, 0.29) is 5.91 Å². The summed E-state index contributed by atoms with van der Waals surface area (Å²) in [6.45, 7) is 3.65. The number of pyridine rings is 1. The molecular weight excluding hydrogens is 652 g/mol. The quantitative estimate of drug-likeness (QED) is 0.244. The highest BCUT2D eigenvalue weighted by atomic mass is 19.4. The number of benzene rings is 1. The number of carboxylic acid groups (broad SMARTS) is 2. The number of halogens is 6. The van der Waals surface area contributed by atoms with Crippen LogP contribution in [0, 0.1) is 0 Å². The van der Waals surface area contributed by atoms with Gasteiger partial charge in [-0.15, -0.1) is 0 Å². The first-order valence-corrected chi connectivity index (χ1v) is 13.9. The Morgan fingerprint density at radius 2 is 1.33 bits per heavy atom. The Balaban J connectivity index is 0.000000376. The number of aliphatic carboxylic acids is 2. The summed E-state index contributed by atoms with van der Waals surface area (Å²) in [7, 11) is 1.90. The molecule has 0 atom stereocenters. The average molecular weight is 682 g/mol. The van der Waals surface area contributed by atoms with Gasteiger partial charge in [-0.1, -0.05) is 30.3 Å². The first-order chi connectivity index (χ1) is 22.6. The molecule has 3 N–H and O–H groups in total. The lowest BCUT2D eigenvalue weighted by atomic mass is 10.2. The minimum atomic E-state index is -5.08. The SMILES string of the molecule is Cn1cc(-c2cnc(NCc3ccccc3)nc2)cc1C(=O)N1CCN(c2ccncc2)CC1.O=C(O)C(F)(F)F.O=C(O)C(F)(F)F. The molecule has 1 fully saturated rings. The summed E-state index contributed by atoms with van der Waals surface area (Å²) in [4.78, 5) is 48.2. The number of nitrogens with one attached hydrogen (secondary N) is 1. The number of alkyl halides is 6. The molecule has 4 heterocycles. The van der Waals surface area contributed by atoms with Crippen molar-refractivity contribution in [2.24, 2.45) is 7.05 Å². The van der Waals surface area contributed by atoms with Gasteiger partial charge in [-0.3, -0.25) is 9.78 Å². The number of hydrogen-bond acceptors (Lipinski definition) is 8. The molecule has 1 aromatic carbocycles. The van der Waals surface area contributed by atoms with Gasteiger partial charge in [-0.25, -0.2) is 19.6 Å². The lowest BCUT2D eigenvalue weighted by Gasteiger charge is -2.36. The van der Waals surface area contributed by atoms with Crippen LogP contribution in [0.15, 0.2) is 79.5 Å². The zero-order valence-corrected chi connectivity index (χ0v) is 25.1. The first kappa shape index (κ1) is 36.8. The Hall–Kier alpha value is -5.68. The van der Waals surface area contributed by atoms with E-state index in [4.69, 9.17) is 19.8 Å². The molecule has 0 bridgehead atoms. The molecule has 0 radical (unpaired) electrons. The van der Waals surface area contributed by atoms with E-state index >= 15 is 0 Å². The van der Waals surface area contributed by atoms with Gasteiger partial charge in [0.2, 0.25) is 5.95 Å². The summed E-state index contributed by atoms with van der Waals surface area (Å²) in [5, 5.41) is 17.5. The van der Waals surface area contributed by atoms with Crippen LogP contribution in [-0.4, -0.2) is 91.0 Å². The highest BCUT2D eigenvalue weighted by Crippen LogP contribution is 2.23. The molecule has 256 valence electrons. The van der Waals surface area contributed by atoms with Crippen molar-refractivity contribution in [2.75, 3.05) is 36.4 Å². The Bertz CT molecular complexity index is 1620. The molecule has 3 aromatic heterocycles. The van der Waals surface area contributed by atoms with Crippen molar-refractivity contribution in [3.05, 3.63) is 90.8 Å². The Morgan fingerprint density at radius 3 is 1.83 bits per heavy atom. The molecule has 1 saturated heterocycles. The predicted octanol–water partition coefficient (Wildman–Crippen LogP) is 4.72. The second-order valence-corrected chi connectivity index (χ2v) is 9.95. The van der Waals surface area contributed by atoms with Crippen molar-refractivity contribution in [3.8, 4) is 11.1 Å². The Labute approximate surface area is 269 Å². The van der Waals surface area contributed by atoms with Crippen LogP contribution >= 0.6 is 0 Å². The number of anilines is 2. The predicted molar refractivity (Wildman–Crippen MR) is 160 cm³/mol. The molecule has 0 saturated carbocycles. The van der Waals surface area contributed by atoms with Gasteiger partial charge in [0.25, 0.3) is 5.91 Å². The van der Waals surface area contributed by atoms with Gasteiger partial charge in [-0.2, -0.15) is 26.3 Å². The average Bonchev–Trinajstić information content (AvgIpc) is 3.45. The smallest absolute Gasteiger partial charge is 0.475 e. The van der Waals surface area contributed by atoms with Crippen molar-refractivity contribution in [3.63, 3.8) is 0 Å². The standard InChI is InChI=1S/C26H27N7O.2C2HF3O2/c1-31-19-21(22-17-29-26(30-18-22)28-16-20-5-3-2-4-6-20)15-24(31)25(34)33-13-11-32(12-14-33)23-7-9-27-10-8-23;2*3-2(4,5)1(6)7/h2-10,15,17-19H,11-14,16H2,1H3,(H,28,29,30);2*(H,6,7). The molecule has 18 heteroatoms. The largest absolute Gasteiger partial charge is 0.490 e. The van der Waals surface area contributed by atoms with Gasteiger partial charge in [0.05, 0.1) is 0 Å². The Kier molecular flexibility index (Phi) is 12.4. The lowest BCUT2D eigenvalue weighted by Crippen LogP contribution is -2.49. The summed E-state index contributed by atoms with van der Waals surface area (Å²) in [5.74, 6) is -4.89. The fourth-order valence-corrected chi connectivity index (χ4v) is 4.16. The van der Waals surface area contributed by atoms with Crippen molar-refractivity contribution in [1.82, 2.24) is 24.4 Å². The number of piperazine rings is 1. The number of nitrogens with zero attached hydrogens (tertiary/aromatic N) is 6. The fourth-order valence-electron chi connectivity index (χ4n) is 4.16. The highest BCUT2D eigenvalue weighted by molar-refractivity contribution is 5.94. The minimum Gasteiger partial charge on any atom is -0.475 e. The maximum atomic E-state index is 13.2. The van der Waals surface area contributed by atoms with E-state index in [1.807, 2.05) is 59.1 Å². The molecule has 0 aliphatic carbocycles. The highest BCUT2D eigenvalue weighted by Gasteiger charge is 2.39. The molecule has 5 rings (SSSR count). The van der Waals surface area contributed by atoms with Crippen LogP contribution in [0.1, 0.15) is 16.1 Å². The first-order valence-electron chi connectivity index (χ1n) is 13.9. The second-order valence-electron chi connectivity index (χ2n) is 9.95. The number of rotatable bonds is 6. The molecule has 48 heavy (non-hydrogen) atoms. The molecule has 1 aliphatic rings. The van der Waals surface area contributed by atoms with Crippen molar-refractivity contribution >= 4 is 29.5 Å². The third kappa shape index (κ3) is 11.0. The maximum Gasteiger partial charge on any atom is 0.490 e. The maximum absolute atomic E-state index is 13.2. The second kappa shape index (κ2) is 16.2. The number of amides is 1. The molecule has 1 aliphatic heterocycles. The normalized spacial score (nSPS) is 13.0. The van der Waals surface area contributed by atoms with Crippen LogP contribution in [0.25, 0.3) is 11.1 Å². The van der Waals surface area contributed by atoms with Gasteiger partial charge in [0.15, 0.2) is 0 Å². The fraction of sp³-hybridized carbons (Fsp3) is 0.267. The van der Waals surface area contributed by atoms with Crippen LogP contribution in [0.4, 0.5) is 38.0 Å². The third-order valence-electron chi connectivity index (χ3n) is 6.58. The third-order valence-corrected chi connectivity index (χ3v) is 6.58. The molecule has 0 unspecified atom stereocenters. The number of aryl methyl sites for hydroxylation is 1. The summed E-state index contributed by atoms with van der Waals surface area (Å²) in [5.41, 5.74) is 4.78. The molecular formula is C30H29F6N7O5. The van der Waals surface area contributed by atoms with Gasteiger partial charge in [0, 0.05) is 87.6 Å². The molecule has 1 amide bonds. The molecule has 12 nitrogen and oxygen atoms in total. The van der Waals surface area contributed by atoms with Crippen LogP contribution in [0.5, 0.6) is 0 Å². The lowest BCUT2D eigenvalue weighted by molar-refractivity contribution is -0.193. The zero-order valence-electron chi connectivity index (χ0n) is 25.1. The van der Waals surface area contributed by atoms with Gasteiger partial charge in [-0.05, 0) is 23.8 Å². The number of aromatic nitrogens is 4. The van der Waals surface area contributed by atoms with Gasteiger partial charge >= 0.3 is 24.3 Å². The van der Waals surface area contributed by atoms with Crippen LogP contribution in [0.3, 0.4) is 0 Å². The monoisotopic (exact) mass is 681 g/mol. The minimum absolute atomic E-state index is 0.0465. The van der Waals surface area contributed by atoms with Crippen molar-refractivity contribution < 1.29 is 50.9 Å². The molecule has 4 aromatic rings. The number of carbonyl (C=O) groups excluding carboxylic acids is 1. The van der Waals surface area contributed by atoms with Gasteiger partial charge in [0.1, 0.15) is 5.69 Å². The summed E-state index contributed by atoms with van der Waals surface area (Å²) >= 11 is 0. The Morgan fingerprint density at radius 1 is 0.812 bits per heavy atom. The van der Waals surface area contributed by atoms with E-state index in [9.17, 15) is 31.1 Å². The number of carbonyl (C=O) groups is 3. The topological polar surface area (TPSA) is 154 Å². The van der Waals surface area contributed by atoms with Crippen LogP contribution in [0.2, 0.25) is 0 Å².